The van der Waals surface area contributed by atoms with E-state index in [0.717, 1.165) is 5.56 Å². The van der Waals surface area contributed by atoms with Crippen molar-refractivity contribution >= 4 is 21.6 Å². The molecule has 1 saturated heterocycles. The van der Waals surface area contributed by atoms with Crippen molar-refractivity contribution in [3.05, 3.63) is 28.3 Å². The van der Waals surface area contributed by atoms with Crippen LogP contribution in [0.3, 0.4) is 0 Å². The van der Waals surface area contributed by atoms with E-state index >= 15 is 0 Å². The Morgan fingerprint density at radius 3 is 2.75 bits per heavy atom. The van der Waals surface area contributed by atoms with Crippen molar-refractivity contribution in [2.24, 2.45) is 5.73 Å². The van der Waals surface area contributed by atoms with E-state index in [0.29, 0.717) is 30.1 Å². The van der Waals surface area contributed by atoms with E-state index in [-0.39, 0.29) is 17.5 Å². The van der Waals surface area contributed by atoms with E-state index in [2.05, 4.69) is 0 Å². The van der Waals surface area contributed by atoms with Gasteiger partial charge in [0.2, 0.25) is 10.0 Å². The summed E-state index contributed by atoms with van der Waals surface area (Å²) < 4.78 is 32.1. The monoisotopic (exact) mass is 318 g/mol. The lowest BCUT2D eigenvalue weighted by molar-refractivity contribution is 0.115. The summed E-state index contributed by atoms with van der Waals surface area (Å²) in [6.45, 7) is 2.86. The maximum absolute atomic E-state index is 12.7. The van der Waals surface area contributed by atoms with Crippen molar-refractivity contribution < 1.29 is 13.2 Å². The SMILES string of the molecule is COC1CCN(S(=O)(=O)c2cc(Cl)cc(CN)c2C)C1. The van der Waals surface area contributed by atoms with Gasteiger partial charge in [-0.15, -0.1) is 0 Å². The standard InChI is InChI=1S/C13H19ClN2O3S/c1-9-10(7-15)5-11(14)6-13(9)20(17,18)16-4-3-12(8-16)19-2/h5-6,12H,3-4,7-8,15H2,1-2H3. The lowest BCUT2D eigenvalue weighted by Crippen LogP contribution is -2.30. The molecular formula is C13H19ClN2O3S. The van der Waals surface area contributed by atoms with Crippen molar-refractivity contribution in [2.75, 3.05) is 20.2 Å². The van der Waals surface area contributed by atoms with Gasteiger partial charge in [0.15, 0.2) is 0 Å². The van der Waals surface area contributed by atoms with Gasteiger partial charge in [0, 0.05) is 31.8 Å². The molecule has 1 atom stereocenters. The molecule has 2 rings (SSSR count). The van der Waals surface area contributed by atoms with Crippen molar-refractivity contribution in [1.29, 1.82) is 0 Å². The molecule has 1 fully saturated rings. The molecule has 5 nitrogen and oxygen atoms in total. The van der Waals surface area contributed by atoms with E-state index < -0.39 is 10.0 Å². The largest absolute Gasteiger partial charge is 0.380 e. The normalized spacial score (nSPS) is 20.5. The van der Waals surface area contributed by atoms with Crippen molar-refractivity contribution in [3.63, 3.8) is 0 Å². The van der Waals surface area contributed by atoms with E-state index in [1.165, 1.54) is 10.4 Å². The van der Waals surface area contributed by atoms with Crippen LogP contribution in [-0.2, 0) is 21.3 Å². The van der Waals surface area contributed by atoms with Gasteiger partial charge in [-0.2, -0.15) is 4.31 Å². The Morgan fingerprint density at radius 2 is 2.20 bits per heavy atom. The Balaban J connectivity index is 2.42. The molecule has 1 aliphatic rings. The highest BCUT2D eigenvalue weighted by molar-refractivity contribution is 7.89. The first-order chi connectivity index (χ1) is 9.40. The Hall–Kier alpha value is -0.660. The summed E-state index contributed by atoms with van der Waals surface area (Å²) in [5.41, 5.74) is 7.05. The number of benzene rings is 1. The molecule has 1 unspecified atom stereocenters. The van der Waals surface area contributed by atoms with Crippen LogP contribution >= 0.6 is 11.6 Å². The maximum Gasteiger partial charge on any atom is 0.243 e. The van der Waals surface area contributed by atoms with Crippen LogP contribution in [0.1, 0.15) is 17.5 Å². The van der Waals surface area contributed by atoms with Crippen molar-refractivity contribution in [2.45, 2.75) is 30.9 Å². The average Bonchev–Trinajstić information content (AvgIpc) is 2.90. The quantitative estimate of drug-likeness (QED) is 0.913. The second kappa shape index (κ2) is 5.99. The first-order valence-corrected chi connectivity index (χ1v) is 8.24. The second-order valence-corrected chi connectivity index (χ2v) is 7.24. The Labute approximate surface area is 124 Å². The van der Waals surface area contributed by atoms with Crippen LogP contribution in [-0.4, -0.2) is 39.0 Å². The number of methoxy groups -OCH3 is 1. The number of sulfonamides is 1. The first kappa shape index (κ1) is 15.7. The van der Waals surface area contributed by atoms with Crippen molar-refractivity contribution in [1.82, 2.24) is 4.31 Å². The van der Waals surface area contributed by atoms with Crippen molar-refractivity contribution in [3.8, 4) is 0 Å². The van der Waals surface area contributed by atoms with Gasteiger partial charge < -0.3 is 10.5 Å². The van der Waals surface area contributed by atoms with Gasteiger partial charge in [0.05, 0.1) is 11.0 Å². The summed E-state index contributed by atoms with van der Waals surface area (Å²) in [5.74, 6) is 0. The topological polar surface area (TPSA) is 72.6 Å². The zero-order valence-electron chi connectivity index (χ0n) is 11.6. The molecule has 20 heavy (non-hydrogen) atoms. The molecule has 1 aromatic rings. The molecule has 7 heteroatoms. The summed E-state index contributed by atoms with van der Waals surface area (Å²) in [6.07, 6.45) is 0.664. The van der Waals surface area contributed by atoms with E-state index in [9.17, 15) is 8.42 Å². The van der Waals surface area contributed by atoms with Gasteiger partial charge in [-0.05, 0) is 36.6 Å². The maximum atomic E-state index is 12.7. The number of rotatable bonds is 4. The summed E-state index contributed by atoms with van der Waals surface area (Å²) in [6, 6.07) is 3.20. The molecule has 1 aliphatic heterocycles. The van der Waals surface area contributed by atoms with Gasteiger partial charge >= 0.3 is 0 Å². The van der Waals surface area contributed by atoms with Crippen LogP contribution in [0.15, 0.2) is 17.0 Å². The fourth-order valence-corrected chi connectivity index (χ4v) is 4.52. The fraction of sp³-hybridized carbons (Fsp3) is 0.538. The highest BCUT2D eigenvalue weighted by atomic mass is 35.5. The highest BCUT2D eigenvalue weighted by Gasteiger charge is 2.33. The molecule has 1 heterocycles. The average molecular weight is 319 g/mol. The molecule has 1 aromatic carbocycles. The molecule has 0 aromatic heterocycles. The number of hydrogen-bond donors (Lipinski definition) is 1. The summed E-state index contributed by atoms with van der Waals surface area (Å²) >= 11 is 6.01. The van der Waals surface area contributed by atoms with Crippen LogP contribution in [0.2, 0.25) is 5.02 Å². The van der Waals surface area contributed by atoms with Crippen LogP contribution in [0, 0.1) is 6.92 Å². The fourth-order valence-electron chi connectivity index (χ4n) is 2.44. The molecule has 0 radical (unpaired) electrons. The van der Waals surface area contributed by atoms with Gasteiger partial charge in [-0.25, -0.2) is 8.42 Å². The minimum Gasteiger partial charge on any atom is -0.380 e. The number of nitrogens with two attached hydrogens (primary N) is 1. The van der Waals surface area contributed by atoms with Crippen LogP contribution in [0.4, 0.5) is 0 Å². The summed E-state index contributed by atoms with van der Waals surface area (Å²) in [7, 11) is -1.96. The van der Waals surface area contributed by atoms with E-state index in [1.54, 1.807) is 20.1 Å². The molecule has 2 N–H and O–H groups in total. The third-order valence-electron chi connectivity index (χ3n) is 3.71. The lowest BCUT2D eigenvalue weighted by Gasteiger charge is -2.19. The molecule has 112 valence electrons. The second-order valence-electron chi connectivity index (χ2n) is 4.90. The zero-order chi connectivity index (χ0) is 14.9. The number of ether oxygens (including phenoxy) is 1. The van der Waals surface area contributed by atoms with Gasteiger partial charge in [-0.3, -0.25) is 0 Å². The first-order valence-electron chi connectivity index (χ1n) is 6.42. The molecule has 0 spiro atoms. The smallest absolute Gasteiger partial charge is 0.243 e. The molecule has 0 aliphatic carbocycles. The molecule has 0 bridgehead atoms. The zero-order valence-corrected chi connectivity index (χ0v) is 13.2. The van der Waals surface area contributed by atoms with Gasteiger partial charge in [-0.1, -0.05) is 11.6 Å². The van der Waals surface area contributed by atoms with Gasteiger partial charge in [0.1, 0.15) is 0 Å². The number of hydrogen-bond acceptors (Lipinski definition) is 4. The molecular weight excluding hydrogens is 300 g/mol. The van der Waals surface area contributed by atoms with Crippen LogP contribution in [0.5, 0.6) is 0 Å². The van der Waals surface area contributed by atoms with Crippen LogP contribution < -0.4 is 5.73 Å². The third kappa shape index (κ3) is 2.84. The molecule has 0 amide bonds. The van der Waals surface area contributed by atoms with E-state index in [1.807, 2.05) is 0 Å². The number of halogens is 1. The Kier molecular flexibility index (Phi) is 4.71. The third-order valence-corrected chi connectivity index (χ3v) is 5.92. The minimum atomic E-state index is -3.55. The summed E-state index contributed by atoms with van der Waals surface area (Å²) in [5, 5.41) is 0.386. The predicted octanol–water partition coefficient (Wildman–Crippen LogP) is 1.52. The predicted molar refractivity (Wildman–Crippen MR) is 78.3 cm³/mol. The minimum absolute atomic E-state index is 0.0433. The lowest BCUT2D eigenvalue weighted by atomic mass is 10.1. The van der Waals surface area contributed by atoms with E-state index in [4.69, 9.17) is 22.1 Å². The highest BCUT2D eigenvalue weighted by Crippen LogP contribution is 2.29. The van der Waals surface area contributed by atoms with Gasteiger partial charge in [0.25, 0.3) is 0 Å². The Bertz CT molecular complexity index is 604. The Morgan fingerprint density at radius 1 is 1.50 bits per heavy atom. The summed E-state index contributed by atoms with van der Waals surface area (Å²) in [4.78, 5) is 0.238. The number of nitrogens with zero attached hydrogens (tertiary/aromatic N) is 1. The van der Waals surface area contributed by atoms with Crippen LogP contribution in [0.25, 0.3) is 0 Å². The molecule has 0 saturated carbocycles.